The second-order valence-electron chi connectivity index (χ2n) is 6.18. The zero-order valence-electron chi connectivity index (χ0n) is 15.7. The van der Waals surface area contributed by atoms with Gasteiger partial charge in [-0.15, -0.1) is 0 Å². The summed E-state index contributed by atoms with van der Waals surface area (Å²) in [7, 11) is 1.65. The van der Waals surface area contributed by atoms with Crippen molar-refractivity contribution in [1.29, 1.82) is 0 Å². The molecule has 0 saturated heterocycles. The van der Waals surface area contributed by atoms with E-state index in [1.165, 1.54) is 0 Å². The van der Waals surface area contributed by atoms with Gasteiger partial charge in [0.25, 0.3) is 0 Å². The molecule has 0 radical (unpaired) electrons. The minimum Gasteiger partial charge on any atom is -0.491 e. The van der Waals surface area contributed by atoms with Crippen LogP contribution in [0.3, 0.4) is 0 Å². The van der Waals surface area contributed by atoms with E-state index in [1.54, 1.807) is 7.11 Å². The van der Waals surface area contributed by atoms with Crippen LogP contribution in [0.1, 0.15) is 25.3 Å². The van der Waals surface area contributed by atoms with Gasteiger partial charge >= 0.3 is 0 Å². The van der Waals surface area contributed by atoms with Crippen LogP contribution in [0.2, 0.25) is 0 Å². The largest absolute Gasteiger partial charge is 0.491 e. The van der Waals surface area contributed by atoms with E-state index in [4.69, 9.17) is 9.47 Å². The molecule has 144 valence electrons. The average molecular weight is 362 g/mol. The molecular formula is C19H30N4O3. The number of aliphatic imine (C=N–C) groups is 1. The van der Waals surface area contributed by atoms with Gasteiger partial charge in [-0.3, -0.25) is 4.79 Å². The molecule has 7 heteroatoms. The number of hydrogen-bond donors (Lipinski definition) is 3. The van der Waals surface area contributed by atoms with Crippen molar-refractivity contribution in [1.82, 2.24) is 16.0 Å². The number of methoxy groups -OCH3 is 1. The summed E-state index contributed by atoms with van der Waals surface area (Å²) in [4.78, 5) is 16.2. The van der Waals surface area contributed by atoms with Crippen molar-refractivity contribution < 1.29 is 14.3 Å². The van der Waals surface area contributed by atoms with Crippen molar-refractivity contribution >= 4 is 11.9 Å². The molecule has 0 bridgehead atoms. The van der Waals surface area contributed by atoms with Crippen LogP contribution in [-0.2, 0) is 16.1 Å². The smallest absolute Gasteiger partial charge is 0.223 e. The number of nitrogens with zero attached hydrogens (tertiary/aromatic N) is 1. The molecule has 26 heavy (non-hydrogen) atoms. The van der Waals surface area contributed by atoms with Crippen molar-refractivity contribution in [2.24, 2.45) is 10.9 Å². The van der Waals surface area contributed by atoms with Gasteiger partial charge in [0.1, 0.15) is 12.4 Å². The van der Waals surface area contributed by atoms with Gasteiger partial charge in [-0.05, 0) is 37.5 Å². The molecule has 0 heterocycles. The Morgan fingerprint density at radius 1 is 1.19 bits per heavy atom. The Labute approximate surface area is 155 Å². The SMILES string of the molecule is CCNC(=NCc1cccc(OCCOC)c1)NCCNC(=O)C1CC1. The van der Waals surface area contributed by atoms with Crippen molar-refractivity contribution in [2.75, 3.05) is 40.0 Å². The fourth-order valence-corrected chi connectivity index (χ4v) is 2.35. The molecule has 1 aromatic rings. The van der Waals surface area contributed by atoms with Crippen LogP contribution < -0.4 is 20.7 Å². The third-order valence-corrected chi connectivity index (χ3v) is 3.88. The lowest BCUT2D eigenvalue weighted by molar-refractivity contribution is -0.122. The molecule has 0 spiro atoms. The van der Waals surface area contributed by atoms with Gasteiger partial charge < -0.3 is 25.4 Å². The summed E-state index contributed by atoms with van der Waals surface area (Å²) in [6.07, 6.45) is 2.05. The predicted octanol–water partition coefficient (Wildman–Crippen LogP) is 1.29. The van der Waals surface area contributed by atoms with Gasteiger partial charge in [-0.2, -0.15) is 0 Å². The van der Waals surface area contributed by atoms with Gasteiger partial charge in [0, 0.05) is 32.7 Å². The molecular weight excluding hydrogens is 332 g/mol. The highest BCUT2D eigenvalue weighted by atomic mass is 16.5. The highest BCUT2D eigenvalue weighted by Crippen LogP contribution is 2.28. The minimum absolute atomic E-state index is 0.166. The van der Waals surface area contributed by atoms with Crippen molar-refractivity contribution in [3.8, 4) is 5.75 Å². The monoisotopic (exact) mass is 362 g/mol. The number of carbonyl (C=O) groups excluding carboxylic acids is 1. The second kappa shape index (κ2) is 11.4. The molecule has 0 aliphatic heterocycles. The van der Waals surface area contributed by atoms with E-state index in [0.717, 1.165) is 36.7 Å². The van der Waals surface area contributed by atoms with Gasteiger partial charge in [-0.1, -0.05) is 12.1 Å². The van der Waals surface area contributed by atoms with Crippen molar-refractivity contribution in [2.45, 2.75) is 26.3 Å². The molecule has 0 aromatic heterocycles. The van der Waals surface area contributed by atoms with Crippen LogP contribution in [0.15, 0.2) is 29.3 Å². The van der Waals surface area contributed by atoms with Crippen molar-refractivity contribution in [3.63, 3.8) is 0 Å². The average Bonchev–Trinajstić information content (AvgIpc) is 3.49. The Morgan fingerprint density at radius 3 is 2.73 bits per heavy atom. The lowest BCUT2D eigenvalue weighted by Crippen LogP contribution is -2.41. The maximum absolute atomic E-state index is 11.6. The highest BCUT2D eigenvalue weighted by Gasteiger charge is 2.28. The topological polar surface area (TPSA) is 84.0 Å². The standard InChI is InChI=1S/C19H30N4O3/c1-3-20-19(22-10-9-21-18(24)16-7-8-16)23-14-15-5-4-6-17(13-15)26-12-11-25-2/h4-6,13,16H,3,7-12,14H2,1-2H3,(H,21,24)(H2,20,22,23). The summed E-state index contributed by atoms with van der Waals surface area (Å²) in [5.41, 5.74) is 1.07. The van der Waals surface area contributed by atoms with E-state index in [0.29, 0.717) is 32.8 Å². The fraction of sp³-hybridized carbons (Fsp3) is 0.579. The Hall–Kier alpha value is -2.28. The minimum atomic E-state index is 0.166. The van der Waals surface area contributed by atoms with E-state index in [2.05, 4.69) is 20.9 Å². The summed E-state index contributed by atoms with van der Waals surface area (Å²) in [6.45, 7) is 5.68. The van der Waals surface area contributed by atoms with Crippen LogP contribution >= 0.6 is 0 Å². The molecule has 1 fully saturated rings. The predicted molar refractivity (Wildman–Crippen MR) is 102 cm³/mol. The first-order chi connectivity index (χ1) is 12.7. The Morgan fingerprint density at radius 2 is 2.00 bits per heavy atom. The number of ether oxygens (including phenoxy) is 2. The van der Waals surface area contributed by atoms with Crippen LogP contribution in [0.5, 0.6) is 5.75 Å². The molecule has 1 amide bonds. The summed E-state index contributed by atoms with van der Waals surface area (Å²) >= 11 is 0. The van der Waals surface area contributed by atoms with Crippen LogP contribution in [0.25, 0.3) is 0 Å². The number of carbonyl (C=O) groups is 1. The molecule has 2 rings (SSSR count). The summed E-state index contributed by atoms with van der Waals surface area (Å²) in [5, 5.41) is 9.39. The number of guanidine groups is 1. The molecule has 1 aromatic carbocycles. The van der Waals surface area contributed by atoms with E-state index in [9.17, 15) is 4.79 Å². The Bertz CT molecular complexity index is 588. The van der Waals surface area contributed by atoms with Gasteiger partial charge in [0.2, 0.25) is 5.91 Å². The molecule has 3 N–H and O–H groups in total. The lowest BCUT2D eigenvalue weighted by Gasteiger charge is -2.12. The highest BCUT2D eigenvalue weighted by molar-refractivity contribution is 5.81. The molecule has 0 unspecified atom stereocenters. The molecule has 7 nitrogen and oxygen atoms in total. The summed E-state index contributed by atoms with van der Waals surface area (Å²) in [6, 6.07) is 7.89. The quantitative estimate of drug-likeness (QED) is 0.314. The van der Waals surface area contributed by atoms with E-state index < -0.39 is 0 Å². The van der Waals surface area contributed by atoms with Crippen LogP contribution in [0.4, 0.5) is 0 Å². The molecule has 1 aliphatic carbocycles. The Balaban J connectivity index is 1.77. The van der Waals surface area contributed by atoms with Crippen LogP contribution in [-0.4, -0.2) is 51.8 Å². The lowest BCUT2D eigenvalue weighted by atomic mass is 10.2. The number of benzene rings is 1. The van der Waals surface area contributed by atoms with E-state index >= 15 is 0 Å². The number of amides is 1. The number of rotatable bonds is 11. The van der Waals surface area contributed by atoms with Gasteiger partial charge in [0.05, 0.1) is 13.2 Å². The zero-order chi connectivity index (χ0) is 18.6. The molecule has 1 aliphatic rings. The van der Waals surface area contributed by atoms with Gasteiger partial charge in [0.15, 0.2) is 5.96 Å². The normalized spacial score (nSPS) is 14.0. The van der Waals surface area contributed by atoms with Crippen molar-refractivity contribution in [3.05, 3.63) is 29.8 Å². The fourth-order valence-electron chi connectivity index (χ4n) is 2.35. The molecule has 0 atom stereocenters. The number of nitrogens with one attached hydrogen (secondary N) is 3. The number of hydrogen-bond acceptors (Lipinski definition) is 4. The maximum Gasteiger partial charge on any atom is 0.223 e. The Kier molecular flexibility index (Phi) is 8.75. The third kappa shape index (κ3) is 7.74. The first-order valence-electron chi connectivity index (χ1n) is 9.23. The summed E-state index contributed by atoms with van der Waals surface area (Å²) in [5.74, 6) is 1.96. The van der Waals surface area contributed by atoms with Crippen LogP contribution in [0, 0.1) is 5.92 Å². The first-order valence-corrected chi connectivity index (χ1v) is 9.23. The molecule has 1 saturated carbocycles. The zero-order valence-corrected chi connectivity index (χ0v) is 15.7. The van der Waals surface area contributed by atoms with Gasteiger partial charge in [-0.25, -0.2) is 4.99 Å². The van der Waals surface area contributed by atoms with E-state index in [-0.39, 0.29) is 11.8 Å². The van der Waals surface area contributed by atoms with E-state index in [1.807, 2.05) is 31.2 Å². The maximum atomic E-state index is 11.6. The first kappa shape index (κ1) is 20.0. The third-order valence-electron chi connectivity index (χ3n) is 3.88. The second-order valence-corrected chi connectivity index (χ2v) is 6.18. The summed E-state index contributed by atoms with van der Waals surface area (Å²) < 4.78 is 10.6.